The maximum absolute atomic E-state index is 11.9. The largest absolute Gasteiger partial charge is 0.385 e. The fourth-order valence-electron chi connectivity index (χ4n) is 1.49. The Kier molecular flexibility index (Phi) is 5.76. The van der Waals surface area contributed by atoms with Gasteiger partial charge in [-0.2, -0.15) is 0 Å². The Morgan fingerprint density at radius 2 is 2.11 bits per heavy atom. The molecule has 0 spiro atoms. The lowest BCUT2D eigenvalue weighted by molar-refractivity contribution is 0.0914. The van der Waals surface area contributed by atoms with Crippen LogP contribution in [0.2, 0.25) is 0 Å². The second-order valence-electron chi connectivity index (χ2n) is 5.41. The molecule has 19 heavy (non-hydrogen) atoms. The van der Waals surface area contributed by atoms with E-state index in [1.807, 2.05) is 26.8 Å². The molecule has 1 aromatic rings. The molecule has 0 unspecified atom stereocenters. The first-order valence-electron chi connectivity index (χ1n) is 6.44. The van der Waals surface area contributed by atoms with Crippen LogP contribution < -0.4 is 10.6 Å². The van der Waals surface area contributed by atoms with Crippen molar-refractivity contribution in [2.24, 2.45) is 0 Å². The van der Waals surface area contributed by atoms with Crippen LogP contribution in [0.4, 0.5) is 5.69 Å². The number of aromatic nitrogens is 1. The molecule has 1 aromatic heterocycles. The molecule has 1 rings (SSSR count). The summed E-state index contributed by atoms with van der Waals surface area (Å²) in [7, 11) is 1.68. The highest BCUT2D eigenvalue weighted by Crippen LogP contribution is 2.08. The van der Waals surface area contributed by atoms with Crippen LogP contribution >= 0.6 is 0 Å². The predicted octanol–water partition coefficient (Wildman–Crippen LogP) is 2.06. The van der Waals surface area contributed by atoms with Gasteiger partial charge in [0.15, 0.2) is 0 Å². The van der Waals surface area contributed by atoms with Gasteiger partial charge in [-0.25, -0.2) is 4.98 Å². The van der Waals surface area contributed by atoms with E-state index in [2.05, 4.69) is 15.6 Å². The Morgan fingerprint density at radius 3 is 2.63 bits per heavy atom. The van der Waals surface area contributed by atoms with Crippen molar-refractivity contribution in [3.8, 4) is 0 Å². The number of rotatable bonds is 6. The Morgan fingerprint density at radius 1 is 1.37 bits per heavy atom. The van der Waals surface area contributed by atoms with Gasteiger partial charge in [0.25, 0.3) is 5.91 Å². The Hall–Kier alpha value is -1.62. The van der Waals surface area contributed by atoms with E-state index < -0.39 is 0 Å². The minimum atomic E-state index is -0.254. The highest BCUT2D eigenvalue weighted by atomic mass is 16.5. The average molecular weight is 265 g/mol. The van der Waals surface area contributed by atoms with Crippen molar-refractivity contribution in [3.63, 3.8) is 0 Å². The molecule has 0 bridgehead atoms. The number of hydrogen-bond acceptors (Lipinski definition) is 4. The summed E-state index contributed by atoms with van der Waals surface area (Å²) >= 11 is 0. The van der Waals surface area contributed by atoms with Crippen molar-refractivity contribution in [1.82, 2.24) is 10.3 Å². The van der Waals surface area contributed by atoms with Gasteiger partial charge in [-0.15, -0.1) is 0 Å². The first kappa shape index (κ1) is 15.4. The first-order valence-corrected chi connectivity index (χ1v) is 6.44. The van der Waals surface area contributed by atoms with Gasteiger partial charge in [-0.3, -0.25) is 4.79 Å². The van der Waals surface area contributed by atoms with Crippen LogP contribution in [0, 0.1) is 0 Å². The molecular weight excluding hydrogens is 242 g/mol. The van der Waals surface area contributed by atoms with Crippen molar-refractivity contribution in [2.75, 3.05) is 25.6 Å². The van der Waals surface area contributed by atoms with Crippen molar-refractivity contribution in [2.45, 2.75) is 32.7 Å². The minimum absolute atomic E-state index is 0.154. The molecule has 0 aromatic carbocycles. The van der Waals surface area contributed by atoms with Gasteiger partial charge in [0, 0.05) is 25.8 Å². The van der Waals surface area contributed by atoms with E-state index in [9.17, 15) is 4.79 Å². The van der Waals surface area contributed by atoms with Gasteiger partial charge in [0.05, 0.1) is 11.9 Å². The topological polar surface area (TPSA) is 63.2 Å². The van der Waals surface area contributed by atoms with E-state index in [1.54, 1.807) is 19.4 Å². The second-order valence-corrected chi connectivity index (χ2v) is 5.41. The lowest BCUT2D eigenvalue weighted by Gasteiger charge is -2.20. The molecule has 0 saturated heterocycles. The highest BCUT2D eigenvalue weighted by molar-refractivity contribution is 5.92. The van der Waals surface area contributed by atoms with Crippen molar-refractivity contribution >= 4 is 11.6 Å². The lowest BCUT2D eigenvalue weighted by Crippen LogP contribution is -2.40. The quantitative estimate of drug-likeness (QED) is 0.773. The van der Waals surface area contributed by atoms with E-state index >= 15 is 0 Å². The molecular formula is C14H23N3O2. The number of methoxy groups -OCH3 is 1. The number of hydrogen-bond donors (Lipinski definition) is 2. The van der Waals surface area contributed by atoms with Crippen molar-refractivity contribution < 1.29 is 9.53 Å². The van der Waals surface area contributed by atoms with Crippen LogP contribution in [-0.4, -0.2) is 36.7 Å². The van der Waals surface area contributed by atoms with Crippen LogP contribution in [0.5, 0.6) is 0 Å². The van der Waals surface area contributed by atoms with Crippen molar-refractivity contribution in [1.29, 1.82) is 0 Å². The fraction of sp³-hybridized carbons (Fsp3) is 0.571. The molecule has 2 N–H and O–H groups in total. The predicted molar refractivity (Wildman–Crippen MR) is 76.4 cm³/mol. The molecule has 5 heteroatoms. The van der Waals surface area contributed by atoms with Gasteiger partial charge in [0.2, 0.25) is 0 Å². The number of pyridine rings is 1. The minimum Gasteiger partial charge on any atom is -0.385 e. The number of carbonyl (C=O) groups excluding carboxylic acids is 1. The number of ether oxygens (including phenoxy) is 1. The molecule has 0 fully saturated rings. The number of nitrogens with zero attached hydrogens (tertiary/aromatic N) is 1. The van der Waals surface area contributed by atoms with Gasteiger partial charge in [-0.05, 0) is 39.3 Å². The van der Waals surface area contributed by atoms with E-state index in [1.165, 1.54) is 0 Å². The normalized spacial score (nSPS) is 11.2. The van der Waals surface area contributed by atoms with Crippen molar-refractivity contribution in [3.05, 3.63) is 24.0 Å². The Labute approximate surface area is 114 Å². The maximum Gasteiger partial charge on any atom is 0.270 e. The van der Waals surface area contributed by atoms with E-state index in [0.29, 0.717) is 5.69 Å². The Bertz CT molecular complexity index is 396. The third kappa shape index (κ3) is 6.20. The molecule has 5 nitrogen and oxygen atoms in total. The zero-order chi connectivity index (χ0) is 14.3. The van der Waals surface area contributed by atoms with Crippen LogP contribution in [0.1, 0.15) is 37.7 Å². The van der Waals surface area contributed by atoms with Crippen LogP contribution in [0.15, 0.2) is 18.3 Å². The molecule has 1 heterocycles. The summed E-state index contributed by atoms with van der Waals surface area (Å²) in [6.45, 7) is 7.37. The fourth-order valence-corrected chi connectivity index (χ4v) is 1.49. The van der Waals surface area contributed by atoms with E-state index in [0.717, 1.165) is 25.3 Å². The standard InChI is InChI=1S/C14H23N3O2/c1-14(2,3)17-13(18)12-7-6-11(10-16-12)15-8-5-9-19-4/h6-7,10,15H,5,8-9H2,1-4H3,(H,17,18). The summed E-state index contributed by atoms with van der Waals surface area (Å²) < 4.78 is 4.97. The third-order valence-corrected chi connectivity index (χ3v) is 2.34. The van der Waals surface area contributed by atoms with Gasteiger partial charge in [-0.1, -0.05) is 0 Å². The Balaban J connectivity index is 2.49. The monoisotopic (exact) mass is 265 g/mol. The molecule has 0 aliphatic carbocycles. The zero-order valence-electron chi connectivity index (χ0n) is 12.1. The summed E-state index contributed by atoms with van der Waals surface area (Å²) in [6, 6.07) is 3.58. The van der Waals surface area contributed by atoms with Crippen LogP contribution in [-0.2, 0) is 4.74 Å². The average Bonchev–Trinajstić information content (AvgIpc) is 2.33. The molecule has 106 valence electrons. The van der Waals surface area contributed by atoms with E-state index in [-0.39, 0.29) is 11.4 Å². The first-order chi connectivity index (χ1) is 8.92. The summed E-state index contributed by atoms with van der Waals surface area (Å²) in [5.74, 6) is -0.154. The third-order valence-electron chi connectivity index (χ3n) is 2.34. The highest BCUT2D eigenvalue weighted by Gasteiger charge is 2.15. The summed E-state index contributed by atoms with van der Waals surface area (Å²) in [4.78, 5) is 16.0. The molecule has 0 aliphatic heterocycles. The SMILES string of the molecule is COCCCNc1ccc(C(=O)NC(C)(C)C)nc1. The molecule has 0 atom stereocenters. The zero-order valence-corrected chi connectivity index (χ0v) is 12.1. The molecule has 0 saturated carbocycles. The van der Waals surface area contributed by atoms with Gasteiger partial charge >= 0.3 is 0 Å². The second kappa shape index (κ2) is 7.09. The summed E-state index contributed by atoms with van der Waals surface area (Å²) in [5, 5.41) is 6.10. The van der Waals surface area contributed by atoms with Gasteiger partial charge < -0.3 is 15.4 Å². The molecule has 0 aliphatic rings. The molecule has 0 radical (unpaired) electrons. The summed E-state index contributed by atoms with van der Waals surface area (Å²) in [6.07, 6.45) is 2.60. The summed E-state index contributed by atoms with van der Waals surface area (Å²) in [5.41, 5.74) is 1.08. The molecule has 1 amide bonds. The lowest BCUT2D eigenvalue weighted by atomic mass is 10.1. The van der Waals surface area contributed by atoms with Crippen LogP contribution in [0.25, 0.3) is 0 Å². The van der Waals surface area contributed by atoms with E-state index in [4.69, 9.17) is 4.74 Å². The van der Waals surface area contributed by atoms with Crippen LogP contribution in [0.3, 0.4) is 0 Å². The number of nitrogens with one attached hydrogen (secondary N) is 2. The number of anilines is 1. The maximum atomic E-state index is 11.9. The number of amides is 1. The smallest absolute Gasteiger partial charge is 0.270 e. The van der Waals surface area contributed by atoms with Gasteiger partial charge in [0.1, 0.15) is 5.69 Å². The number of carbonyl (C=O) groups is 1.